The first-order valence-electron chi connectivity index (χ1n) is 9.00. The lowest BCUT2D eigenvalue weighted by Gasteiger charge is -2.20. The Morgan fingerprint density at radius 3 is 2.96 bits per heavy atom. The number of thioether (sulfide) groups is 1. The number of aryl methyl sites for hydroxylation is 1. The molecule has 2 aromatic heterocycles. The Morgan fingerprint density at radius 2 is 2.19 bits per heavy atom. The van der Waals surface area contributed by atoms with Gasteiger partial charge in [-0.05, 0) is 30.7 Å². The van der Waals surface area contributed by atoms with Gasteiger partial charge in [-0.25, -0.2) is 4.98 Å². The molecule has 0 saturated heterocycles. The Hall–Kier alpha value is -1.85. The first kappa shape index (κ1) is 17.6. The number of hydrogen-bond acceptors (Lipinski definition) is 4. The third kappa shape index (κ3) is 3.26. The summed E-state index contributed by atoms with van der Waals surface area (Å²) < 4.78 is 2.21. The topological polar surface area (TPSA) is 34.9 Å². The van der Waals surface area contributed by atoms with Gasteiger partial charge >= 0.3 is 0 Å². The van der Waals surface area contributed by atoms with Crippen LogP contribution in [0.3, 0.4) is 0 Å². The van der Waals surface area contributed by atoms with Crippen LogP contribution in [-0.2, 0) is 19.4 Å². The predicted molar refractivity (Wildman–Crippen MR) is 112 cm³/mol. The standard InChI is InChI=1S/C21H22N2OS2/c1-3-11-25-21-22-18-19(24)16-12-14(2)9-10-17(16)26-20(18)23(21)13-15-7-5-4-6-8-15/h3-8,14H,1,9-13H2,2H3. The van der Waals surface area contributed by atoms with Gasteiger partial charge in [0.1, 0.15) is 10.3 Å². The number of nitrogens with zero attached hydrogens (tertiary/aromatic N) is 2. The van der Waals surface area contributed by atoms with Gasteiger partial charge in [-0.15, -0.1) is 17.9 Å². The minimum absolute atomic E-state index is 0.146. The van der Waals surface area contributed by atoms with Crippen molar-refractivity contribution in [3.8, 4) is 0 Å². The summed E-state index contributed by atoms with van der Waals surface area (Å²) in [5, 5.41) is 0.910. The van der Waals surface area contributed by atoms with E-state index in [0.717, 1.165) is 40.7 Å². The SMILES string of the molecule is C=CCSc1nc2c(=O)c3c(sc2n1Cc1ccccc1)CCC(C)C3. The molecule has 1 aromatic carbocycles. The van der Waals surface area contributed by atoms with Crippen LogP contribution in [0.15, 0.2) is 52.9 Å². The van der Waals surface area contributed by atoms with Crippen LogP contribution in [-0.4, -0.2) is 15.3 Å². The third-order valence-electron chi connectivity index (χ3n) is 4.86. The average Bonchev–Trinajstić information content (AvgIpc) is 2.99. The van der Waals surface area contributed by atoms with Crippen LogP contribution in [0.2, 0.25) is 0 Å². The Morgan fingerprint density at radius 1 is 1.38 bits per heavy atom. The van der Waals surface area contributed by atoms with E-state index in [1.807, 2.05) is 12.1 Å². The molecule has 26 heavy (non-hydrogen) atoms. The van der Waals surface area contributed by atoms with E-state index in [2.05, 4.69) is 42.3 Å². The van der Waals surface area contributed by atoms with E-state index in [1.54, 1.807) is 23.1 Å². The lowest BCUT2D eigenvalue weighted by atomic mass is 9.89. The second kappa shape index (κ2) is 7.41. The highest BCUT2D eigenvalue weighted by molar-refractivity contribution is 7.99. The van der Waals surface area contributed by atoms with Crippen LogP contribution in [0.5, 0.6) is 0 Å². The van der Waals surface area contributed by atoms with Gasteiger partial charge in [-0.3, -0.25) is 4.79 Å². The molecule has 0 amide bonds. The number of fused-ring (bicyclic) bond motifs is 2. The van der Waals surface area contributed by atoms with E-state index in [9.17, 15) is 4.79 Å². The molecule has 1 aliphatic carbocycles. The highest BCUT2D eigenvalue weighted by Gasteiger charge is 2.24. The molecule has 2 heterocycles. The van der Waals surface area contributed by atoms with Crippen molar-refractivity contribution in [3.63, 3.8) is 0 Å². The molecule has 0 radical (unpaired) electrons. The third-order valence-corrected chi connectivity index (χ3v) is 7.14. The van der Waals surface area contributed by atoms with Crippen LogP contribution in [0.1, 0.15) is 29.3 Å². The van der Waals surface area contributed by atoms with E-state index < -0.39 is 0 Å². The number of rotatable bonds is 5. The molecule has 5 heteroatoms. The Labute approximate surface area is 161 Å². The number of benzene rings is 1. The van der Waals surface area contributed by atoms with Crippen molar-refractivity contribution in [2.24, 2.45) is 5.92 Å². The van der Waals surface area contributed by atoms with Crippen LogP contribution < -0.4 is 5.43 Å². The van der Waals surface area contributed by atoms with E-state index in [-0.39, 0.29) is 5.43 Å². The van der Waals surface area contributed by atoms with Crippen LogP contribution >= 0.6 is 23.1 Å². The Kier molecular flexibility index (Phi) is 5.00. The van der Waals surface area contributed by atoms with E-state index >= 15 is 0 Å². The van der Waals surface area contributed by atoms with E-state index in [1.165, 1.54) is 16.9 Å². The highest BCUT2D eigenvalue weighted by atomic mass is 32.2. The molecule has 0 N–H and O–H groups in total. The smallest absolute Gasteiger partial charge is 0.211 e. The zero-order valence-corrected chi connectivity index (χ0v) is 16.5. The van der Waals surface area contributed by atoms with Crippen LogP contribution in [0.25, 0.3) is 10.3 Å². The molecule has 0 bridgehead atoms. The van der Waals surface area contributed by atoms with Gasteiger partial charge in [0.15, 0.2) is 5.16 Å². The summed E-state index contributed by atoms with van der Waals surface area (Å²) in [6.45, 7) is 6.79. The zero-order valence-electron chi connectivity index (χ0n) is 14.9. The molecular weight excluding hydrogens is 360 g/mol. The van der Waals surface area contributed by atoms with Crippen molar-refractivity contribution in [1.29, 1.82) is 0 Å². The molecule has 0 fully saturated rings. The summed E-state index contributed by atoms with van der Waals surface area (Å²) in [4.78, 5) is 20.1. The largest absolute Gasteiger partial charge is 0.306 e. The van der Waals surface area contributed by atoms with E-state index in [0.29, 0.717) is 11.4 Å². The second-order valence-electron chi connectivity index (χ2n) is 6.90. The van der Waals surface area contributed by atoms with Crippen molar-refractivity contribution in [2.75, 3.05) is 5.75 Å². The summed E-state index contributed by atoms with van der Waals surface area (Å²) in [6, 6.07) is 10.4. The quantitative estimate of drug-likeness (QED) is 0.464. The van der Waals surface area contributed by atoms with Crippen molar-refractivity contribution in [2.45, 2.75) is 37.9 Å². The molecule has 0 spiro atoms. The van der Waals surface area contributed by atoms with E-state index in [4.69, 9.17) is 4.98 Å². The van der Waals surface area contributed by atoms with Crippen LogP contribution in [0, 0.1) is 5.92 Å². The summed E-state index contributed by atoms with van der Waals surface area (Å²) in [5.74, 6) is 1.37. The molecule has 3 aromatic rings. The van der Waals surface area contributed by atoms with Gasteiger partial charge in [-0.1, -0.05) is 55.1 Å². The number of hydrogen-bond donors (Lipinski definition) is 0. The van der Waals surface area contributed by atoms with Gasteiger partial charge in [0.2, 0.25) is 5.43 Å². The number of aromatic nitrogens is 2. The Bertz CT molecular complexity index is 1000. The number of imidazole rings is 1. The van der Waals surface area contributed by atoms with Gasteiger partial charge in [0.05, 0.1) is 6.54 Å². The van der Waals surface area contributed by atoms with Gasteiger partial charge < -0.3 is 4.57 Å². The highest BCUT2D eigenvalue weighted by Crippen LogP contribution is 2.33. The summed E-state index contributed by atoms with van der Waals surface area (Å²) in [7, 11) is 0. The molecule has 134 valence electrons. The molecular formula is C21H22N2OS2. The molecule has 4 rings (SSSR count). The average molecular weight is 383 g/mol. The minimum atomic E-state index is 0.146. The maximum absolute atomic E-state index is 13.1. The molecule has 1 atom stereocenters. The lowest BCUT2D eigenvalue weighted by molar-refractivity contribution is 0.504. The summed E-state index contributed by atoms with van der Waals surface area (Å²) in [6.07, 6.45) is 4.95. The van der Waals surface area contributed by atoms with Crippen LogP contribution in [0.4, 0.5) is 0 Å². The maximum atomic E-state index is 13.1. The first-order chi connectivity index (χ1) is 12.7. The maximum Gasteiger partial charge on any atom is 0.211 e. The fourth-order valence-electron chi connectivity index (χ4n) is 3.50. The van der Waals surface area contributed by atoms with Gasteiger partial charge in [0, 0.05) is 16.2 Å². The van der Waals surface area contributed by atoms with Crippen molar-refractivity contribution in [1.82, 2.24) is 9.55 Å². The van der Waals surface area contributed by atoms with Gasteiger partial charge in [-0.2, -0.15) is 0 Å². The fraction of sp³-hybridized carbons (Fsp3) is 0.333. The van der Waals surface area contributed by atoms with Crippen molar-refractivity contribution in [3.05, 3.63) is 69.2 Å². The molecule has 1 unspecified atom stereocenters. The fourth-order valence-corrected chi connectivity index (χ4v) is 5.54. The minimum Gasteiger partial charge on any atom is -0.306 e. The molecule has 3 nitrogen and oxygen atoms in total. The Balaban J connectivity index is 1.88. The van der Waals surface area contributed by atoms with Crippen molar-refractivity contribution < 1.29 is 0 Å². The first-order valence-corrected chi connectivity index (χ1v) is 10.8. The summed E-state index contributed by atoms with van der Waals surface area (Å²) in [5.41, 5.74) is 3.02. The molecule has 1 aliphatic rings. The normalized spacial score (nSPS) is 16.6. The lowest BCUT2D eigenvalue weighted by Crippen LogP contribution is -2.20. The monoisotopic (exact) mass is 382 g/mol. The molecule has 0 saturated carbocycles. The van der Waals surface area contributed by atoms with Gasteiger partial charge in [0.25, 0.3) is 0 Å². The zero-order chi connectivity index (χ0) is 18.1. The van der Waals surface area contributed by atoms with Crippen molar-refractivity contribution >= 4 is 33.4 Å². The second-order valence-corrected chi connectivity index (χ2v) is 8.97. The molecule has 0 aliphatic heterocycles. The summed E-state index contributed by atoms with van der Waals surface area (Å²) >= 11 is 3.41. The predicted octanol–water partition coefficient (Wildman–Crippen LogP) is 4.91.